The van der Waals surface area contributed by atoms with E-state index in [4.69, 9.17) is 19.4 Å². The summed E-state index contributed by atoms with van der Waals surface area (Å²) in [5.41, 5.74) is 7.74. The van der Waals surface area contributed by atoms with Crippen molar-refractivity contribution in [2.45, 2.75) is 20.3 Å². The Hall–Kier alpha value is -7.67. The van der Waals surface area contributed by atoms with E-state index in [-0.39, 0.29) is 0 Å². The first-order valence-corrected chi connectivity index (χ1v) is 22.0. The van der Waals surface area contributed by atoms with Crippen LogP contribution in [0.3, 0.4) is 0 Å². The molecule has 13 rings (SSSR count). The van der Waals surface area contributed by atoms with Crippen LogP contribution in [0.2, 0.25) is 0 Å². The van der Waals surface area contributed by atoms with Gasteiger partial charge in [-0.2, -0.15) is 9.97 Å². The van der Waals surface area contributed by atoms with Gasteiger partial charge >= 0.3 is 0 Å². The highest BCUT2D eigenvalue weighted by atomic mass is 32.1. The zero-order valence-electron chi connectivity index (χ0n) is 34.1. The van der Waals surface area contributed by atoms with Gasteiger partial charge in [0.2, 0.25) is 5.95 Å². The fourth-order valence-electron chi connectivity index (χ4n) is 9.09. The van der Waals surface area contributed by atoms with Gasteiger partial charge < -0.3 is 4.42 Å². The standard InChI is InChI=1S/C53H30N4OS.C3H8/c1-2-12-33-28-35(21-20-31(33)10-1)51-54-52(36-22-25-41-40-15-6-8-19-45(40)58-46(41)30-36)56-53(55-51)57-44-18-7-5-14-39(44)42-17-9-16-38(50(42)57)34-24-26-47-43(29-34)49-37-13-4-3-11-32(37)23-27-48(49)59-47;1-3-2/h1-30H;3H2,1-2H3. The molecule has 0 saturated heterocycles. The van der Waals surface area contributed by atoms with Gasteiger partial charge in [0.15, 0.2) is 11.6 Å². The highest BCUT2D eigenvalue weighted by molar-refractivity contribution is 7.26. The van der Waals surface area contributed by atoms with Crippen LogP contribution in [0, 0.1) is 0 Å². The highest BCUT2D eigenvalue weighted by Gasteiger charge is 2.22. The Balaban J connectivity index is 0.00000133. The van der Waals surface area contributed by atoms with E-state index in [2.05, 4.69) is 182 Å². The first-order chi connectivity index (χ1) is 30.6. The van der Waals surface area contributed by atoms with E-state index in [0.717, 1.165) is 76.8 Å². The second kappa shape index (κ2) is 14.5. The monoisotopic (exact) mass is 814 g/mol. The van der Waals surface area contributed by atoms with Gasteiger partial charge in [-0.25, -0.2) is 4.98 Å². The van der Waals surface area contributed by atoms with Crippen molar-refractivity contribution in [2.24, 2.45) is 0 Å². The molecule has 0 unspecified atom stereocenters. The fraction of sp³-hybridized carbons (Fsp3) is 0.0536. The normalized spacial score (nSPS) is 11.8. The minimum atomic E-state index is 0.551. The number of hydrogen-bond donors (Lipinski definition) is 0. The number of aromatic nitrogens is 4. The maximum absolute atomic E-state index is 6.36. The Morgan fingerprint density at radius 1 is 0.452 bits per heavy atom. The molecule has 0 amide bonds. The lowest BCUT2D eigenvalue weighted by Gasteiger charge is -2.13. The van der Waals surface area contributed by atoms with Crippen LogP contribution in [0.15, 0.2) is 186 Å². The van der Waals surface area contributed by atoms with Crippen LogP contribution < -0.4 is 0 Å². The van der Waals surface area contributed by atoms with Gasteiger partial charge in [0.05, 0.1) is 11.0 Å². The second-order valence-corrected chi connectivity index (χ2v) is 17.0. The van der Waals surface area contributed by atoms with Gasteiger partial charge in [0, 0.05) is 58.4 Å². The molecule has 13 aromatic rings. The zero-order chi connectivity index (χ0) is 41.3. The quantitative estimate of drug-likeness (QED) is 0.178. The van der Waals surface area contributed by atoms with E-state index in [1.54, 1.807) is 0 Å². The summed E-state index contributed by atoms with van der Waals surface area (Å²) in [6, 6.07) is 64.5. The van der Waals surface area contributed by atoms with Crippen molar-refractivity contribution in [1.82, 2.24) is 19.5 Å². The van der Waals surface area contributed by atoms with E-state index >= 15 is 0 Å². The van der Waals surface area contributed by atoms with Crippen molar-refractivity contribution >= 4 is 96.8 Å². The van der Waals surface area contributed by atoms with Gasteiger partial charge in [-0.15, -0.1) is 11.3 Å². The summed E-state index contributed by atoms with van der Waals surface area (Å²) in [5.74, 6) is 1.72. The third-order valence-corrected chi connectivity index (χ3v) is 13.0. The maximum atomic E-state index is 6.36. The van der Waals surface area contributed by atoms with Crippen molar-refractivity contribution in [3.05, 3.63) is 182 Å². The number of furan rings is 1. The zero-order valence-corrected chi connectivity index (χ0v) is 34.9. The molecule has 6 heteroatoms. The van der Waals surface area contributed by atoms with Crippen molar-refractivity contribution in [2.75, 3.05) is 0 Å². The fourth-order valence-corrected chi connectivity index (χ4v) is 10.2. The molecule has 0 fully saturated rings. The van der Waals surface area contributed by atoms with Crippen molar-refractivity contribution in [3.8, 4) is 39.9 Å². The molecule has 0 N–H and O–H groups in total. The van der Waals surface area contributed by atoms with Crippen LogP contribution in [-0.4, -0.2) is 19.5 Å². The number of benzene rings is 9. The summed E-state index contributed by atoms with van der Waals surface area (Å²) in [4.78, 5) is 15.9. The van der Waals surface area contributed by atoms with E-state index in [1.165, 1.54) is 37.4 Å². The number of para-hydroxylation sites is 3. The van der Waals surface area contributed by atoms with E-state index in [9.17, 15) is 0 Å². The van der Waals surface area contributed by atoms with Crippen LogP contribution in [0.1, 0.15) is 20.3 Å². The molecule has 0 aliphatic carbocycles. The van der Waals surface area contributed by atoms with Crippen LogP contribution in [0.25, 0.3) is 125 Å². The molecule has 0 spiro atoms. The molecule has 9 aromatic carbocycles. The van der Waals surface area contributed by atoms with Crippen molar-refractivity contribution < 1.29 is 4.42 Å². The topological polar surface area (TPSA) is 56.7 Å². The first-order valence-electron chi connectivity index (χ1n) is 21.2. The largest absolute Gasteiger partial charge is 0.456 e. The predicted molar refractivity (Wildman–Crippen MR) is 262 cm³/mol. The van der Waals surface area contributed by atoms with Crippen LogP contribution in [-0.2, 0) is 0 Å². The SMILES string of the molecule is CCC.c1ccc2cc(-c3nc(-c4ccc5c(c4)oc4ccccc45)nc(-n4c5ccccc5c5cccc(-c6ccc7sc8ccc9ccccc9c8c7c6)c54)n3)ccc2c1. The van der Waals surface area contributed by atoms with Gasteiger partial charge in [0.1, 0.15) is 11.2 Å². The van der Waals surface area contributed by atoms with Gasteiger partial charge in [-0.1, -0.05) is 154 Å². The van der Waals surface area contributed by atoms with Gasteiger partial charge in [-0.05, 0) is 75.6 Å². The minimum absolute atomic E-state index is 0.551. The summed E-state index contributed by atoms with van der Waals surface area (Å²) in [6.45, 7) is 4.25. The molecule has 0 radical (unpaired) electrons. The molecule has 4 heterocycles. The highest BCUT2D eigenvalue weighted by Crippen LogP contribution is 2.43. The third-order valence-electron chi connectivity index (χ3n) is 11.8. The Bertz CT molecular complexity index is 3890. The number of nitrogens with zero attached hydrogens (tertiary/aromatic N) is 4. The Labute approximate surface area is 361 Å². The van der Waals surface area contributed by atoms with Crippen LogP contribution >= 0.6 is 11.3 Å². The summed E-state index contributed by atoms with van der Waals surface area (Å²) < 4.78 is 11.2. The average Bonchev–Trinajstić information content (AvgIpc) is 4.01. The molecule has 5 nitrogen and oxygen atoms in total. The molecule has 4 aromatic heterocycles. The van der Waals surface area contributed by atoms with Crippen LogP contribution in [0.4, 0.5) is 0 Å². The maximum Gasteiger partial charge on any atom is 0.238 e. The number of hydrogen-bond acceptors (Lipinski definition) is 5. The molecule has 0 saturated carbocycles. The number of fused-ring (bicyclic) bond motifs is 12. The summed E-state index contributed by atoms with van der Waals surface area (Å²) in [6.07, 6.45) is 1.25. The second-order valence-electron chi connectivity index (χ2n) is 15.9. The van der Waals surface area contributed by atoms with E-state index < -0.39 is 0 Å². The summed E-state index contributed by atoms with van der Waals surface area (Å²) in [5, 5.41) is 11.8. The van der Waals surface area contributed by atoms with E-state index in [0.29, 0.717) is 17.6 Å². The van der Waals surface area contributed by atoms with Crippen molar-refractivity contribution in [3.63, 3.8) is 0 Å². The van der Waals surface area contributed by atoms with Gasteiger partial charge in [0.25, 0.3) is 0 Å². The molecule has 0 atom stereocenters. The average molecular weight is 815 g/mol. The minimum Gasteiger partial charge on any atom is -0.456 e. The van der Waals surface area contributed by atoms with E-state index in [1.807, 2.05) is 29.5 Å². The molecule has 294 valence electrons. The molecule has 0 aliphatic rings. The first kappa shape index (κ1) is 36.2. The Kier molecular flexibility index (Phi) is 8.47. The lowest BCUT2D eigenvalue weighted by atomic mass is 9.98. The Morgan fingerprint density at radius 2 is 1.08 bits per heavy atom. The molecular formula is C56H38N4OS. The molecular weight excluding hydrogens is 777 g/mol. The molecule has 0 aliphatic heterocycles. The van der Waals surface area contributed by atoms with Gasteiger partial charge in [-0.3, -0.25) is 4.57 Å². The third kappa shape index (κ3) is 5.79. The molecule has 62 heavy (non-hydrogen) atoms. The smallest absolute Gasteiger partial charge is 0.238 e. The lowest BCUT2D eigenvalue weighted by molar-refractivity contribution is 0.669. The van der Waals surface area contributed by atoms with Crippen LogP contribution in [0.5, 0.6) is 0 Å². The lowest BCUT2D eigenvalue weighted by Crippen LogP contribution is -2.07. The predicted octanol–water partition coefficient (Wildman–Crippen LogP) is 16.0. The van der Waals surface area contributed by atoms with Crippen molar-refractivity contribution in [1.29, 1.82) is 0 Å². The molecule has 0 bridgehead atoms. The Morgan fingerprint density at radius 3 is 1.94 bits per heavy atom. The number of thiophene rings is 1. The summed E-state index contributed by atoms with van der Waals surface area (Å²) >= 11 is 1.85. The number of rotatable bonds is 4. The summed E-state index contributed by atoms with van der Waals surface area (Å²) in [7, 11) is 0.